The van der Waals surface area contributed by atoms with Gasteiger partial charge in [-0.25, -0.2) is 0 Å². The van der Waals surface area contributed by atoms with Gasteiger partial charge in [0.15, 0.2) is 0 Å². The number of rotatable bonds is 2. The monoisotopic (exact) mass is 290 g/mol. The maximum atomic E-state index is 10.6. The Balaban J connectivity index is 3.23. The third-order valence-electron chi connectivity index (χ3n) is 1.56. The van der Waals surface area contributed by atoms with Crippen LogP contribution in [0.5, 0.6) is 0 Å². The second kappa shape index (κ2) is 3.71. The molecule has 0 heterocycles. The molecule has 12 heavy (non-hydrogen) atoms. The molecule has 0 fully saturated rings. The minimum atomic E-state index is -0.322. The van der Waals surface area contributed by atoms with Gasteiger partial charge in [0.1, 0.15) is 9.52 Å². The van der Waals surface area contributed by atoms with Gasteiger partial charge < -0.3 is 0 Å². The summed E-state index contributed by atoms with van der Waals surface area (Å²) < 4.78 is -0.322. The van der Waals surface area contributed by atoms with Crippen LogP contribution in [0.25, 0.3) is 0 Å². The third-order valence-corrected chi connectivity index (χ3v) is 2.42. The van der Waals surface area contributed by atoms with Crippen LogP contribution in [0.1, 0.15) is 22.8 Å². The molecule has 0 radical (unpaired) electrons. The highest BCUT2D eigenvalue weighted by molar-refractivity contribution is 9.24. The Labute approximate surface area is 88.4 Å². The summed E-state index contributed by atoms with van der Waals surface area (Å²) in [6.07, 6.45) is 0.857. The molecule has 0 amide bonds. The van der Waals surface area contributed by atoms with E-state index in [1.165, 1.54) is 0 Å². The summed E-state index contributed by atoms with van der Waals surface area (Å²) in [6, 6.07) is 7.46. The first kappa shape index (κ1) is 9.93. The van der Waals surface area contributed by atoms with Gasteiger partial charge in [-0.05, 0) is 12.5 Å². The van der Waals surface area contributed by atoms with E-state index in [1.54, 1.807) is 6.07 Å². The molecular formula is C9H8Br2O. The number of halogens is 2. The smallest absolute Gasteiger partial charge is 0.150 e. The number of benzene rings is 1. The van der Waals surface area contributed by atoms with Gasteiger partial charge in [-0.15, -0.1) is 0 Å². The summed E-state index contributed by atoms with van der Waals surface area (Å²) in [5, 5.41) is 0. The molecule has 3 heteroatoms. The van der Waals surface area contributed by atoms with Crippen LogP contribution in [0.4, 0.5) is 0 Å². The predicted octanol–water partition coefficient (Wildman–Crippen LogP) is 3.46. The number of alkyl halides is 2. The highest BCUT2D eigenvalue weighted by Crippen LogP contribution is 2.38. The lowest BCUT2D eigenvalue weighted by atomic mass is 10.1. The molecule has 1 rings (SSSR count). The number of carbonyl (C=O) groups is 1. The average Bonchev–Trinajstić information content (AvgIpc) is 2.03. The van der Waals surface area contributed by atoms with Crippen LogP contribution in [-0.2, 0) is 3.23 Å². The Morgan fingerprint density at radius 2 is 1.92 bits per heavy atom. The summed E-state index contributed by atoms with van der Waals surface area (Å²) in [4.78, 5) is 10.6. The Hall–Kier alpha value is -0.150. The molecule has 0 unspecified atom stereocenters. The topological polar surface area (TPSA) is 17.1 Å². The first-order valence-electron chi connectivity index (χ1n) is 3.48. The molecule has 1 aromatic rings. The van der Waals surface area contributed by atoms with E-state index in [9.17, 15) is 4.79 Å². The van der Waals surface area contributed by atoms with Crippen molar-refractivity contribution in [3.05, 3.63) is 35.4 Å². The fourth-order valence-corrected chi connectivity index (χ4v) is 1.72. The normalized spacial score (nSPS) is 11.2. The molecule has 1 nitrogen and oxygen atoms in total. The summed E-state index contributed by atoms with van der Waals surface area (Å²) in [6.45, 7) is 1.94. The Kier molecular flexibility index (Phi) is 3.07. The lowest BCUT2D eigenvalue weighted by Crippen LogP contribution is -2.05. The lowest BCUT2D eigenvalue weighted by Gasteiger charge is -2.16. The molecule has 0 atom stereocenters. The molecule has 0 N–H and O–H groups in total. The number of carbonyl (C=O) groups excluding carboxylic acids is 1. The molecule has 0 spiro atoms. The van der Waals surface area contributed by atoms with Gasteiger partial charge in [-0.2, -0.15) is 0 Å². The summed E-state index contributed by atoms with van der Waals surface area (Å²) in [7, 11) is 0. The standard InChI is InChI=1S/C9H8Br2O/c1-9(10,11)8-5-3-2-4-7(8)6-12/h2-6H,1H3. The van der Waals surface area contributed by atoms with E-state index in [-0.39, 0.29) is 3.23 Å². The van der Waals surface area contributed by atoms with Crippen LogP contribution in [0, 0.1) is 0 Å². The highest BCUT2D eigenvalue weighted by Gasteiger charge is 2.20. The maximum absolute atomic E-state index is 10.6. The molecule has 64 valence electrons. The second-order valence-electron chi connectivity index (χ2n) is 2.59. The SMILES string of the molecule is CC(Br)(Br)c1ccccc1C=O. The molecule has 0 aliphatic carbocycles. The van der Waals surface area contributed by atoms with Gasteiger partial charge >= 0.3 is 0 Å². The fraction of sp³-hybridized carbons (Fsp3) is 0.222. The Morgan fingerprint density at radius 3 is 2.33 bits per heavy atom. The van der Waals surface area contributed by atoms with E-state index in [0.29, 0.717) is 5.56 Å². The van der Waals surface area contributed by atoms with E-state index < -0.39 is 0 Å². The van der Waals surface area contributed by atoms with Crippen LogP contribution in [0.15, 0.2) is 24.3 Å². The minimum absolute atomic E-state index is 0.322. The summed E-state index contributed by atoms with van der Waals surface area (Å²) in [5.74, 6) is 0. The number of aldehydes is 1. The zero-order valence-electron chi connectivity index (χ0n) is 6.55. The van der Waals surface area contributed by atoms with Crippen LogP contribution >= 0.6 is 31.9 Å². The second-order valence-corrected chi connectivity index (χ2v) is 6.83. The zero-order chi connectivity index (χ0) is 9.19. The van der Waals surface area contributed by atoms with Crippen molar-refractivity contribution in [2.24, 2.45) is 0 Å². The van der Waals surface area contributed by atoms with E-state index in [0.717, 1.165) is 11.8 Å². The van der Waals surface area contributed by atoms with Gasteiger partial charge in [-0.3, -0.25) is 4.79 Å². The van der Waals surface area contributed by atoms with Gasteiger partial charge in [-0.1, -0.05) is 56.1 Å². The summed E-state index contributed by atoms with van der Waals surface area (Å²) >= 11 is 6.87. The van der Waals surface area contributed by atoms with Crippen molar-refractivity contribution in [3.63, 3.8) is 0 Å². The van der Waals surface area contributed by atoms with Crippen LogP contribution in [-0.4, -0.2) is 6.29 Å². The van der Waals surface area contributed by atoms with Crippen molar-refractivity contribution in [2.75, 3.05) is 0 Å². The molecule has 0 aromatic heterocycles. The third kappa shape index (κ3) is 2.17. The predicted molar refractivity (Wildman–Crippen MR) is 57.0 cm³/mol. The van der Waals surface area contributed by atoms with Crippen molar-refractivity contribution in [2.45, 2.75) is 10.2 Å². The van der Waals surface area contributed by atoms with Gasteiger partial charge in [0.2, 0.25) is 0 Å². The maximum Gasteiger partial charge on any atom is 0.150 e. The first-order chi connectivity index (χ1) is 5.55. The molecule has 1 aromatic carbocycles. The lowest BCUT2D eigenvalue weighted by molar-refractivity contribution is 0.112. The molecule has 0 aliphatic rings. The number of hydrogen-bond donors (Lipinski definition) is 0. The largest absolute Gasteiger partial charge is 0.298 e. The van der Waals surface area contributed by atoms with E-state index in [1.807, 2.05) is 25.1 Å². The molecule has 0 aliphatic heterocycles. The van der Waals surface area contributed by atoms with Crippen LogP contribution in [0.3, 0.4) is 0 Å². The Morgan fingerprint density at radius 1 is 1.33 bits per heavy atom. The highest BCUT2D eigenvalue weighted by atomic mass is 79.9. The van der Waals surface area contributed by atoms with E-state index in [4.69, 9.17) is 0 Å². The van der Waals surface area contributed by atoms with E-state index >= 15 is 0 Å². The number of hydrogen-bond acceptors (Lipinski definition) is 1. The van der Waals surface area contributed by atoms with Crippen LogP contribution in [0.2, 0.25) is 0 Å². The van der Waals surface area contributed by atoms with Gasteiger partial charge in [0, 0.05) is 5.56 Å². The molecule has 0 saturated heterocycles. The van der Waals surface area contributed by atoms with E-state index in [2.05, 4.69) is 31.9 Å². The van der Waals surface area contributed by atoms with Crippen molar-refractivity contribution >= 4 is 38.1 Å². The minimum Gasteiger partial charge on any atom is -0.298 e. The molecule has 0 saturated carbocycles. The first-order valence-corrected chi connectivity index (χ1v) is 5.07. The van der Waals surface area contributed by atoms with Crippen molar-refractivity contribution < 1.29 is 4.79 Å². The summed E-state index contributed by atoms with van der Waals surface area (Å²) in [5.41, 5.74) is 1.65. The quantitative estimate of drug-likeness (QED) is 0.602. The van der Waals surface area contributed by atoms with Crippen molar-refractivity contribution in [3.8, 4) is 0 Å². The molecule has 0 bridgehead atoms. The fourth-order valence-electron chi connectivity index (χ4n) is 1.000. The van der Waals surface area contributed by atoms with Gasteiger partial charge in [0.05, 0.1) is 0 Å². The van der Waals surface area contributed by atoms with Gasteiger partial charge in [0.25, 0.3) is 0 Å². The average molecular weight is 292 g/mol. The van der Waals surface area contributed by atoms with Crippen molar-refractivity contribution in [1.29, 1.82) is 0 Å². The zero-order valence-corrected chi connectivity index (χ0v) is 9.72. The van der Waals surface area contributed by atoms with Crippen molar-refractivity contribution in [1.82, 2.24) is 0 Å². The van der Waals surface area contributed by atoms with Crippen LogP contribution < -0.4 is 0 Å². The Bertz CT molecular complexity index is 289. The molecular weight excluding hydrogens is 284 g/mol.